The van der Waals surface area contributed by atoms with Crippen LogP contribution in [0, 0.1) is 5.92 Å². The van der Waals surface area contributed by atoms with Crippen LogP contribution in [0.1, 0.15) is 25.7 Å². The lowest BCUT2D eigenvalue weighted by molar-refractivity contribution is 0.696. The average Bonchev–Trinajstić information content (AvgIpc) is 2.56. The van der Waals surface area contributed by atoms with Gasteiger partial charge < -0.3 is 0 Å². The zero-order valence-corrected chi connectivity index (χ0v) is 7.79. The second-order valence-corrected chi connectivity index (χ2v) is 4.13. The highest BCUT2D eigenvalue weighted by Gasteiger charge is 2.29. The molecule has 0 amide bonds. The third-order valence-corrected chi connectivity index (χ3v) is 3.39. The second kappa shape index (κ2) is 2.73. The minimum Gasteiger partial charge on any atom is -0.0839 e. The first-order valence-corrected chi connectivity index (χ1v) is 5.19. The van der Waals surface area contributed by atoms with E-state index in [1.54, 1.807) is 16.7 Å². The van der Waals surface area contributed by atoms with Gasteiger partial charge in [-0.1, -0.05) is 41.5 Å². The molecule has 0 aliphatic heterocycles. The average molecular weight is 170 g/mol. The van der Waals surface area contributed by atoms with E-state index in [0.717, 1.165) is 5.92 Å². The lowest BCUT2D eigenvalue weighted by Crippen LogP contribution is -2.04. The molecule has 0 heteroatoms. The van der Waals surface area contributed by atoms with Crippen LogP contribution in [0.3, 0.4) is 0 Å². The van der Waals surface area contributed by atoms with E-state index >= 15 is 0 Å². The molecule has 3 aliphatic carbocycles. The van der Waals surface area contributed by atoms with Crippen LogP contribution in [0.25, 0.3) is 0 Å². The first kappa shape index (κ1) is 7.37. The molecule has 0 bridgehead atoms. The number of fused-ring (bicyclic) bond motifs is 2. The summed E-state index contributed by atoms with van der Waals surface area (Å²) in [4.78, 5) is 0. The van der Waals surface area contributed by atoms with Gasteiger partial charge in [0, 0.05) is 5.92 Å². The topological polar surface area (TPSA) is 0 Å². The highest BCUT2D eigenvalue weighted by Crippen LogP contribution is 2.44. The van der Waals surface area contributed by atoms with Gasteiger partial charge in [0.1, 0.15) is 0 Å². The Balaban J connectivity index is 2.01. The van der Waals surface area contributed by atoms with Crippen molar-refractivity contribution in [2.75, 3.05) is 0 Å². The number of rotatable bonds is 0. The Bertz CT molecular complexity index is 350. The molecule has 3 rings (SSSR count). The van der Waals surface area contributed by atoms with Crippen molar-refractivity contribution in [3.8, 4) is 0 Å². The number of allylic oxidation sites excluding steroid dienone is 8. The van der Waals surface area contributed by atoms with Crippen molar-refractivity contribution in [1.82, 2.24) is 0 Å². The molecule has 0 radical (unpaired) electrons. The van der Waals surface area contributed by atoms with E-state index in [1.807, 2.05) is 0 Å². The molecule has 0 fully saturated rings. The van der Waals surface area contributed by atoms with Crippen LogP contribution in [0.2, 0.25) is 0 Å². The maximum absolute atomic E-state index is 2.35. The van der Waals surface area contributed by atoms with E-state index in [2.05, 4.69) is 30.4 Å². The Morgan fingerprint density at radius 1 is 1.23 bits per heavy atom. The van der Waals surface area contributed by atoms with E-state index in [1.165, 1.54) is 25.7 Å². The standard InChI is InChI=1S/C13H14/c1-3-7-12-10(5-1)9-11-6-2-4-8-13(11)12/h1-3,5-6,12H,4,7-9H2. The molecule has 1 atom stereocenters. The van der Waals surface area contributed by atoms with E-state index < -0.39 is 0 Å². The molecular weight excluding hydrogens is 156 g/mol. The maximum Gasteiger partial charge on any atom is 0.00540 e. The molecule has 3 aliphatic rings. The molecule has 0 aromatic carbocycles. The first-order chi connectivity index (χ1) is 6.45. The Kier molecular flexibility index (Phi) is 1.55. The fourth-order valence-electron chi connectivity index (χ4n) is 2.74. The van der Waals surface area contributed by atoms with Crippen molar-refractivity contribution < 1.29 is 0 Å². The summed E-state index contributed by atoms with van der Waals surface area (Å²) in [7, 11) is 0. The highest BCUT2D eigenvalue weighted by molar-refractivity contribution is 5.47. The van der Waals surface area contributed by atoms with E-state index in [9.17, 15) is 0 Å². The van der Waals surface area contributed by atoms with Crippen molar-refractivity contribution >= 4 is 0 Å². The third kappa shape index (κ3) is 1.05. The van der Waals surface area contributed by atoms with Crippen LogP contribution in [-0.2, 0) is 0 Å². The van der Waals surface area contributed by atoms with Crippen LogP contribution in [0.5, 0.6) is 0 Å². The minimum atomic E-state index is 0.782. The second-order valence-electron chi connectivity index (χ2n) is 4.13. The molecule has 0 heterocycles. The van der Waals surface area contributed by atoms with Gasteiger partial charge in [0.15, 0.2) is 0 Å². The summed E-state index contributed by atoms with van der Waals surface area (Å²) in [5.74, 6) is 0.782. The molecule has 1 unspecified atom stereocenters. The minimum absolute atomic E-state index is 0.782. The zero-order chi connectivity index (χ0) is 8.67. The molecule has 0 aromatic heterocycles. The van der Waals surface area contributed by atoms with Crippen LogP contribution in [0.4, 0.5) is 0 Å². The summed E-state index contributed by atoms with van der Waals surface area (Å²) in [6.07, 6.45) is 16.5. The molecule has 0 saturated heterocycles. The summed E-state index contributed by atoms with van der Waals surface area (Å²) in [6.45, 7) is 0. The summed E-state index contributed by atoms with van der Waals surface area (Å²) < 4.78 is 0. The van der Waals surface area contributed by atoms with Gasteiger partial charge in [-0.25, -0.2) is 0 Å². The van der Waals surface area contributed by atoms with Gasteiger partial charge in [-0.05, 0) is 31.3 Å². The quantitative estimate of drug-likeness (QED) is 0.521. The number of hydrogen-bond acceptors (Lipinski definition) is 0. The molecule has 66 valence electrons. The maximum atomic E-state index is 2.35. The van der Waals surface area contributed by atoms with Crippen molar-refractivity contribution in [3.63, 3.8) is 0 Å². The molecule has 0 saturated carbocycles. The van der Waals surface area contributed by atoms with Crippen molar-refractivity contribution in [1.29, 1.82) is 0 Å². The van der Waals surface area contributed by atoms with Crippen molar-refractivity contribution in [2.24, 2.45) is 5.92 Å². The van der Waals surface area contributed by atoms with Crippen LogP contribution in [0.15, 0.2) is 47.1 Å². The van der Waals surface area contributed by atoms with Gasteiger partial charge in [0.05, 0.1) is 0 Å². The fourth-order valence-corrected chi connectivity index (χ4v) is 2.74. The van der Waals surface area contributed by atoms with Crippen molar-refractivity contribution in [3.05, 3.63) is 47.1 Å². The van der Waals surface area contributed by atoms with E-state index in [0.29, 0.717) is 0 Å². The molecule has 0 N–H and O–H groups in total. The third-order valence-electron chi connectivity index (χ3n) is 3.39. The zero-order valence-electron chi connectivity index (χ0n) is 7.79. The Morgan fingerprint density at radius 2 is 2.23 bits per heavy atom. The summed E-state index contributed by atoms with van der Waals surface area (Å²) in [5, 5.41) is 0. The van der Waals surface area contributed by atoms with Crippen LogP contribution < -0.4 is 0 Å². The molecule has 0 spiro atoms. The molecule has 0 nitrogen and oxygen atoms in total. The van der Waals surface area contributed by atoms with Gasteiger partial charge in [0.2, 0.25) is 0 Å². The summed E-state index contributed by atoms with van der Waals surface area (Å²) in [5.41, 5.74) is 5.00. The van der Waals surface area contributed by atoms with Gasteiger partial charge in [0.25, 0.3) is 0 Å². The van der Waals surface area contributed by atoms with E-state index in [4.69, 9.17) is 0 Å². The van der Waals surface area contributed by atoms with Gasteiger partial charge in [-0.15, -0.1) is 0 Å². The fraction of sp³-hybridized carbons (Fsp3) is 0.385. The smallest absolute Gasteiger partial charge is 0.00540 e. The predicted octanol–water partition coefficient (Wildman–Crippen LogP) is 3.54. The normalized spacial score (nSPS) is 30.2. The predicted molar refractivity (Wildman–Crippen MR) is 55.3 cm³/mol. The van der Waals surface area contributed by atoms with Crippen molar-refractivity contribution in [2.45, 2.75) is 25.7 Å². The van der Waals surface area contributed by atoms with Crippen LogP contribution >= 0.6 is 0 Å². The summed E-state index contributed by atoms with van der Waals surface area (Å²) in [6, 6.07) is 0. The Labute approximate surface area is 79.3 Å². The van der Waals surface area contributed by atoms with Gasteiger partial charge in [-0.3, -0.25) is 0 Å². The Hall–Kier alpha value is -1.04. The summed E-state index contributed by atoms with van der Waals surface area (Å²) >= 11 is 0. The lowest BCUT2D eigenvalue weighted by Gasteiger charge is -2.18. The largest absolute Gasteiger partial charge is 0.0839 e. The monoisotopic (exact) mass is 170 g/mol. The molecule has 0 aromatic rings. The highest BCUT2D eigenvalue weighted by atomic mass is 14.3. The molecule has 13 heavy (non-hydrogen) atoms. The molecular formula is C13H14. The van der Waals surface area contributed by atoms with Gasteiger partial charge >= 0.3 is 0 Å². The Morgan fingerprint density at radius 3 is 3.23 bits per heavy atom. The van der Waals surface area contributed by atoms with Crippen LogP contribution in [-0.4, -0.2) is 0 Å². The lowest BCUT2D eigenvalue weighted by atomic mass is 9.87. The SMILES string of the molecule is C1=CCC2C(=C1)CC1=C2CCC=C1. The first-order valence-electron chi connectivity index (χ1n) is 5.19. The van der Waals surface area contributed by atoms with E-state index in [-0.39, 0.29) is 0 Å². The van der Waals surface area contributed by atoms with Gasteiger partial charge in [-0.2, -0.15) is 0 Å². The number of hydrogen-bond donors (Lipinski definition) is 0.